The van der Waals surface area contributed by atoms with E-state index in [0.29, 0.717) is 10.0 Å². The normalized spacial score (nSPS) is 12.9. The van der Waals surface area contributed by atoms with Gasteiger partial charge < -0.3 is 9.74 Å². The van der Waals surface area contributed by atoms with Crippen LogP contribution in [0.4, 0.5) is 10.9 Å². The van der Waals surface area contributed by atoms with E-state index < -0.39 is 9.04 Å². The van der Waals surface area contributed by atoms with E-state index >= 15 is 0 Å². The highest BCUT2D eigenvalue weighted by molar-refractivity contribution is 7.16. The number of nitrogens with one attached hydrogen (secondary N) is 1. The van der Waals surface area contributed by atoms with Crippen molar-refractivity contribution >= 4 is 31.3 Å². The maximum absolute atomic E-state index is 8.93. The van der Waals surface area contributed by atoms with Gasteiger partial charge in [0.2, 0.25) is 9.04 Å². The average molecular weight is 360 g/mol. The van der Waals surface area contributed by atoms with E-state index in [1.165, 1.54) is 11.3 Å². The van der Waals surface area contributed by atoms with Crippen molar-refractivity contribution in [2.75, 3.05) is 5.32 Å². The molecule has 0 aliphatic carbocycles. The summed E-state index contributed by atoms with van der Waals surface area (Å²) >= 11 is 1.32. The molecule has 0 fully saturated rings. The molecule has 2 rings (SSSR count). The molecule has 0 aromatic carbocycles. The summed E-state index contributed by atoms with van der Waals surface area (Å²) in [6, 6.07) is 4.13. The summed E-state index contributed by atoms with van der Waals surface area (Å²) in [5, 5.41) is 12.8. The third kappa shape index (κ3) is 4.41. The number of pyridine rings is 1. The predicted octanol–water partition coefficient (Wildman–Crippen LogP) is 4.82. The average Bonchev–Trinajstić information content (AvgIpc) is 2.94. The fraction of sp³-hybridized carbons (Fsp3) is 0.471. The number of thiazole rings is 1. The summed E-state index contributed by atoms with van der Waals surface area (Å²) in [4.78, 5) is 9.23. The lowest BCUT2D eigenvalue weighted by Crippen LogP contribution is -2.26. The van der Waals surface area contributed by atoms with Crippen molar-refractivity contribution in [3.05, 3.63) is 34.5 Å². The molecule has 0 spiro atoms. The lowest BCUT2D eigenvalue weighted by molar-refractivity contribution is 0.0860. The number of hydrogen-bond acceptors (Lipinski definition) is 6. The Labute approximate surface area is 149 Å². The van der Waals surface area contributed by atoms with Crippen molar-refractivity contribution in [2.24, 2.45) is 5.41 Å². The van der Waals surface area contributed by atoms with Crippen LogP contribution in [0.25, 0.3) is 0 Å². The van der Waals surface area contributed by atoms with Crippen molar-refractivity contribution in [1.82, 2.24) is 9.97 Å². The fourth-order valence-electron chi connectivity index (χ4n) is 2.39. The molecular weight excluding hydrogens is 336 g/mol. The summed E-state index contributed by atoms with van der Waals surface area (Å²) in [7, 11) is -0.837. The molecule has 0 saturated carbocycles. The van der Waals surface area contributed by atoms with E-state index in [2.05, 4.69) is 55.2 Å². The molecule has 2 aromatic rings. The zero-order valence-electron chi connectivity index (χ0n) is 15.0. The number of nitriles is 1. The largest absolute Gasteiger partial charge is 0.410 e. The number of rotatable bonds is 5. The summed E-state index contributed by atoms with van der Waals surface area (Å²) in [6.45, 7) is 12.9. The molecule has 1 unspecified atom stereocenters. The Bertz CT molecular complexity index is 746. The fourth-order valence-corrected chi connectivity index (χ4v) is 3.95. The van der Waals surface area contributed by atoms with Crippen LogP contribution in [0.1, 0.15) is 42.9 Å². The second kappa shape index (κ2) is 7.43. The van der Waals surface area contributed by atoms with Gasteiger partial charge in [0.05, 0.1) is 12.3 Å². The van der Waals surface area contributed by atoms with Gasteiger partial charge in [-0.2, -0.15) is 5.26 Å². The van der Waals surface area contributed by atoms with Crippen molar-refractivity contribution in [2.45, 2.75) is 46.9 Å². The minimum absolute atomic E-state index is 0.0101. The Morgan fingerprint density at radius 1 is 1.33 bits per heavy atom. The zero-order chi connectivity index (χ0) is 17.9. The highest BCUT2D eigenvalue weighted by atomic mass is 32.1. The molecule has 0 aliphatic rings. The summed E-state index contributed by atoms with van der Waals surface area (Å²) in [6.07, 6.45) is 3.37. The van der Waals surface area contributed by atoms with Gasteiger partial charge in [-0.25, -0.2) is 9.97 Å². The van der Waals surface area contributed by atoms with Crippen molar-refractivity contribution in [3.8, 4) is 6.07 Å². The molecule has 5 nitrogen and oxygen atoms in total. The Morgan fingerprint density at radius 3 is 2.58 bits per heavy atom. The molecule has 0 amide bonds. The summed E-state index contributed by atoms with van der Waals surface area (Å²) in [5.41, 5.74) is 2.18. The molecular formula is C17H23N4OSSi. The van der Waals surface area contributed by atoms with Crippen LogP contribution in [-0.2, 0) is 4.43 Å². The third-order valence-corrected chi connectivity index (χ3v) is 5.03. The second-order valence-corrected chi connectivity index (χ2v) is 10.00. The van der Waals surface area contributed by atoms with Gasteiger partial charge in [0, 0.05) is 6.20 Å². The molecule has 24 heavy (non-hydrogen) atoms. The van der Waals surface area contributed by atoms with Crippen molar-refractivity contribution in [3.63, 3.8) is 0 Å². The highest BCUT2D eigenvalue weighted by Crippen LogP contribution is 2.39. The molecule has 1 N–H and O–H groups in total. The van der Waals surface area contributed by atoms with E-state index in [1.54, 1.807) is 12.4 Å². The highest BCUT2D eigenvalue weighted by Gasteiger charge is 2.30. The maximum Gasteiger partial charge on any atom is 0.205 e. The molecule has 2 heterocycles. The monoisotopic (exact) mass is 359 g/mol. The molecule has 127 valence electrons. The van der Waals surface area contributed by atoms with Crippen LogP contribution in [0, 0.1) is 23.7 Å². The Balaban J connectivity index is 2.36. The Morgan fingerprint density at radius 2 is 2.04 bits per heavy atom. The summed E-state index contributed by atoms with van der Waals surface area (Å²) in [5.74, 6) is 0.755. The van der Waals surface area contributed by atoms with Gasteiger partial charge in [-0.1, -0.05) is 32.1 Å². The van der Waals surface area contributed by atoms with Gasteiger partial charge in [-0.05, 0) is 42.6 Å². The van der Waals surface area contributed by atoms with Gasteiger partial charge in [-0.3, -0.25) is 0 Å². The minimum Gasteiger partial charge on any atom is -0.410 e. The van der Waals surface area contributed by atoms with E-state index in [4.69, 9.17) is 9.69 Å². The number of aromatic nitrogens is 2. The second-order valence-electron chi connectivity index (χ2n) is 6.91. The molecule has 0 saturated heterocycles. The standard InChI is InChI=1S/C17H23N4OSSi/c1-11-13(14(17(2,3)4)22-24(5)6)7-8-19-15(11)21-16-20-10-12(9-18)23-16/h7-8,10,14H,1-6H3,(H,19,20,21). The Hall–Kier alpha value is -1.75. The van der Waals surface area contributed by atoms with Gasteiger partial charge in [0.15, 0.2) is 5.13 Å². The van der Waals surface area contributed by atoms with Crippen LogP contribution >= 0.6 is 11.3 Å². The van der Waals surface area contributed by atoms with E-state index in [1.807, 2.05) is 13.0 Å². The molecule has 7 heteroatoms. The first-order chi connectivity index (χ1) is 11.2. The molecule has 0 aliphatic heterocycles. The van der Waals surface area contributed by atoms with E-state index in [-0.39, 0.29) is 11.5 Å². The van der Waals surface area contributed by atoms with Crippen molar-refractivity contribution < 1.29 is 4.43 Å². The molecule has 1 atom stereocenters. The smallest absolute Gasteiger partial charge is 0.205 e. The maximum atomic E-state index is 8.93. The molecule has 0 bridgehead atoms. The first-order valence-electron chi connectivity index (χ1n) is 7.77. The summed E-state index contributed by atoms with van der Waals surface area (Å²) < 4.78 is 6.30. The number of nitrogens with zero attached hydrogens (tertiary/aromatic N) is 3. The van der Waals surface area contributed by atoms with Gasteiger partial charge in [-0.15, -0.1) is 0 Å². The topological polar surface area (TPSA) is 70.8 Å². The van der Waals surface area contributed by atoms with E-state index in [9.17, 15) is 0 Å². The molecule has 2 aromatic heterocycles. The minimum atomic E-state index is -0.837. The van der Waals surface area contributed by atoms with Crippen LogP contribution in [0.2, 0.25) is 13.1 Å². The van der Waals surface area contributed by atoms with Crippen LogP contribution in [0.3, 0.4) is 0 Å². The van der Waals surface area contributed by atoms with Crippen molar-refractivity contribution in [1.29, 1.82) is 5.26 Å². The quantitative estimate of drug-likeness (QED) is 0.775. The lowest BCUT2D eigenvalue weighted by Gasteiger charge is -2.34. The first kappa shape index (κ1) is 18.6. The first-order valence-corrected chi connectivity index (χ1v) is 11.0. The third-order valence-electron chi connectivity index (χ3n) is 3.51. The van der Waals surface area contributed by atoms with E-state index in [0.717, 1.165) is 16.9 Å². The zero-order valence-corrected chi connectivity index (χ0v) is 16.8. The van der Waals surface area contributed by atoms with Gasteiger partial charge >= 0.3 is 0 Å². The molecule has 1 radical (unpaired) electrons. The van der Waals surface area contributed by atoms with Gasteiger partial charge in [0.25, 0.3) is 0 Å². The van der Waals surface area contributed by atoms with Crippen LogP contribution in [-0.4, -0.2) is 19.0 Å². The number of hydrogen-bond donors (Lipinski definition) is 1. The number of anilines is 2. The van der Waals surface area contributed by atoms with Crippen LogP contribution < -0.4 is 5.32 Å². The predicted molar refractivity (Wildman–Crippen MR) is 99.8 cm³/mol. The van der Waals surface area contributed by atoms with Gasteiger partial charge in [0.1, 0.15) is 16.8 Å². The SMILES string of the molecule is Cc1c(C(O[Si](C)C)C(C)(C)C)ccnc1Nc1ncc(C#N)s1. The van der Waals surface area contributed by atoms with Crippen LogP contribution in [0.5, 0.6) is 0 Å². The Kier molecular flexibility index (Phi) is 5.75. The van der Waals surface area contributed by atoms with Crippen LogP contribution in [0.15, 0.2) is 18.5 Å². The lowest BCUT2D eigenvalue weighted by atomic mass is 9.83.